The molecule has 0 bridgehead atoms. The minimum atomic E-state index is -1.05. The predicted molar refractivity (Wildman–Crippen MR) is 106 cm³/mol. The minimum Gasteiger partial charge on any atom is -0.421 e. The average Bonchev–Trinajstić information content (AvgIpc) is 2.61. The molecule has 0 aliphatic carbocycles. The van der Waals surface area contributed by atoms with E-state index in [1.54, 1.807) is 0 Å². The van der Waals surface area contributed by atoms with Crippen molar-refractivity contribution in [1.29, 1.82) is 0 Å². The summed E-state index contributed by atoms with van der Waals surface area (Å²) in [5.41, 5.74) is 3.97. The van der Waals surface area contributed by atoms with Gasteiger partial charge in [0.25, 0.3) is 6.29 Å². The Morgan fingerprint density at radius 3 is 2.15 bits per heavy atom. The van der Waals surface area contributed by atoms with Crippen LogP contribution < -0.4 is 0 Å². The molecule has 0 spiro atoms. The van der Waals surface area contributed by atoms with E-state index in [0.29, 0.717) is 12.0 Å². The maximum absolute atomic E-state index is 11.5. The highest BCUT2D eigenvalue weighted by molar-refractivity contribution is 5.69. The van der Waals surface area contributed by atoms with Gasteiger partial charge in [0.1, 0.15) is 0 Å². The van der Waals surface area contributed by atoms with Gasteiger partial charge in [0, 0.05) is 25.8 Å². The number of carbonyl (C=O) groups is 2. The van der Waals surface area contributed by atoms with E-state index in [1.807, 2.05) is 48.5 Å². The average molecular weight is 366 g/mol. The highest BCUT2D eigenvalue weighted by Crippen LogP contribution is 2.21. The number of hydrogen-bond donors (Lipinski definition) is 0. The smallest absolute Gasteiger partial charge is 0.305 e. The lowest BCUT2D eigenvalue weighted by Gasteiger charge is -2.20. The fourth-order valence-corrected chi connectivity index (χ4v) is 2.85. The number of benzene rings is 2. The first kappa shape index (κ1) is 20.4. The van der Waals surface area contributed by atoms with E-state index in [-0.39, 0.29) is 0 Å². The van der Waals surface area contributed by atoms with Gasteiger partial charge in [-0.15, -0.1) is 0 Å². The molecule has 0 unspecified atom stereocenters. The fraction of sp³-hybridized carbons (Fsp3) is 0.304. The largest absolute Gasteiger partial charge is 0.421 e. The summed E-state index contributed by atoms with van der Waals surface area (Å²) < 4.78 is 10.6. The van der Waals surface area contributed by atoms with E-state index < -0.39 is 18.2 Å². The molecular weight excluding hydrogens is 340 g/mol. The molecule has 0 atom stereocenters. The van der Waals surface area contributed by atoms with Crippen LogP contribution in [0.4, 0.5) is 0 Å². The quantitative estimate of drug-likeness (QED) is 0.501. The van der Waals surface area contributed by atoms with Crippen molar-refractivity contribution >= 4 is 18.0 Å². The lowest BCUT2D eigenvalue weighted by atomic mass is 10.00. The topological polar surface area (TPSA) is 52.6 Å². The van der Waals surface area contributed by atoms with Crippen molar-refractivity contribution in [2.24, 2.45) is 0 Å². The summed E-state index contributed by atoms with van der Waals surface area (Å²) in [4.78, 5) is 23.1. The van der Waals surface area contributed by atoms with Crippen molar-refractivity contribution in [1.82, 2.24) is 0 Å². The highest BCUT2D eigenvalue weighted by atomic mass is 16.7. The SMILES string of the molecule is CCCc1cccc(C=C(Cc2ccccc2)C(OC(C)=O)OC(C)=O)c1. The highest BCUT2D eigenvalue weighted by Gasteiger charge is 2.21. The molecule has 0 heterocycles. The molecule has 0 aromatic heterocycles. The number of esters is 2. The Balaban J connectivity index is 2.41. The van der Waals surface area contributed by atoms with E-state index in [2.05, 4.69) is 19.1 Å². The second-order valence-electron chi connectivity index (χ2n) is 6.43. The number of hydrogen-bond acceptors (Lipinski definition) is 4. The molecule has 27 heavy (non-hydrogen) atoms. The molecule has 2 aromatic carbocycles. The van der Waals surface area contributed by atoms with Crippen molar-refractivity contribution in [2.45, 2.75) is 46.3 Å². The van der Waals surface area contributed by atoms with E-state index in [1.165, 1.54) is 19.4 Å². The van der Waals surface area contributed by atoms with Crippen LogP contribution >= 0.6 is 0 Å². The summed E-state index contributed by atoms with van der Waals surface area (Å²) in [5.74, 6) is -1.00. The molecule has 4 nitrogen and oxygen atoms in total. The first-order chi connectivity index (χ1) is 13.0. The van der Waals surface area contributed by atoms with Crippen molar-refractivity contribution in [3.63, 3.8) is 0 Å². The van der Waals surface area contributed by atoms with Gasteiger partial charge in [-0.2, -0.15) is 0 Å². The van der Waals surface area contributed by atoms with Crippen LogP contribution in [0.1, 0.15) is 43.9 Å². The van der Waals surface area contributed by atoms with Gasteiger partial charge in [-0.05, 0) is 29.2 Å². The van der Waals surface area contributed by atoms with Crippen LogP contribution in [-0.2, 0) is 31.9 Å². The standard InChI is InChI=1S/C23H26O4/c1-4-9-19-12-8-13-21(14-19)16-22(15-20-10-6-5-7-11-20)23(26-17(2)24)27-18(3)25/h5-8,10-14,16,23H,4,9,15H2,1-3H3. The van der Waals surface area contributed by atoms with E-state index in [4.69, 9.17) is 9.47 Å². The summed E-state index contributed by atoms with van der Waals surface area (Å²) in [5, 5.41) is 0. The van der Waals surface area contributed by atoms with Gasteiger partial charge in [-0.25, -0.2) is 0 Å². The lowest BCUT2D eigenvalue weighted by molar-refractivity contribution is -0.178. The molecule has 0 saturated heterocycles. The third-order valence-corrected chi connectivity index (χ3v) is 3.94. The van der Waals surface area contributed by atoms with E-state index in [0.717, 1.165) is 24.0 Å². The zero-order valence-electron chi connectivity index (χ0n) is 16.1. The zero-order chi connectivity index (χ0) is 19.6. The lowest BCUT2D eigenvalue weighted by Crippen LogP contribution is -2.25. The van der Waals surface area contributed by atoms with Crippen LogP contribution in [0.5, 0.6) is 0 Å². The van der Waals surface area contributed by atoms with E-state index >= 15 is 0 Å². The molecule has 2 rings (SSSR count). The van der Waals surface area contributed by atoms with Crippen molar-refractivity contribution in [2.75, 3.05) is 0 Å². The molecular formula is C23H26O4. The molecule has 0 N–H and O–H groups in total. The predicted octanol–water partition coefficient (Wildman–Crippen LogP) is 4.72. The second-order valence-corrected chi connectivity index (χ2v) is 6.43. The van der Waals surface area contributed by atoms with Crippen LogP contribution in [0.3, 0.4) is 0 Å². The Morgan fingerprint density at radius 1 is 0.926 bits per heavy atom. The Hall–Kier alpha value is -2.88. The molecule has 2 aromatic rings. The Labute approximate surface area is 160 Å². The van der Waals surface area contributed by atoms with Crippen LogP contribution in [0.15, 0.2) is 60.2 Å². The molecule has 0 aliphatic heterocycles. The molecule has 0 amide bonds. The molecule has 0 radical (unpaired) electrons. The van der Waals surface area contributed by atoms with Crippen LogP contribution in [-0.4, -0.2) is 18.2 Å². The molecule has 0 saturated carbocycles. The van der Waals surface area contributed by atoms with Crippen LogP contribution in [0.2, 0.25) is 0 Å². The molecule has 0 aliphatic rings. The summed E-state index contributed by atoms with van der Waals surface area (Å²) >= 11 is 0. The third kappa shape index (κ3) is 7.10. The molecule has 0 fully saturated rings. The maximum atomic E-state index is 11.5. The van der Waals surface area contributed by atoms with Gasteiger partial charge in [0.2, 0.25) is 0 Å². The Bertz CT molecular complexity index is 777. The summed E-state index contributed by atoms with van der Waals surface area (Å²) in [7, 11) is 0. The second kappa shape index (κ2) is 10.3. The van der Waals surface area contributed by atoms with Gasteiger partial charge in [-0.1, -0.05) is 67.9 Å². The minimum absolute atomic E-state index is 0.500. The number of carbonyl (C=O) groups excluding carboxylic acids is 2. The molecule has 4 heteroatoms. The summed E-state index contributed by atoms with van der Waals surface area (Å²) in [6, 6.07) is 18.0. The Kier molecular flexibility index (Phi) is 7.80. The fourth-order valence-electron chi connectivity index (χ4n) is 2.85. The van der Waals surface area contributed by atoms with Crippen molar-refractivity contribution in [3.8, 4) is 0 Å². The van der Waals surface area contributed by atoms with Gasteiger partial charge in [0.15, 0.2) is 0 Å². The van der Waals surface area contributed by atoms with Crippen LogP contribution in [0.25, 0.3) is 6.08 Å². The van der Waals surface area contributed by atoms with Gasteiger partial charge in [0.05, 0.1) is 0 Å². The van der Waals surface area contributed by atoms with Crippen molar-refractivity contribution in [3.05, 3.63) is 76.9 Å². The first-order valence-corrected chi connectivity index (χ1v) is 9.15. The van der Waals surface area contributed by atoms with E-state index in [9.17, 15) is 9.59 Å². The monoisotopic (exact) mass is 366 g/mol. The number of rotatable bonds is 8. The van der Waals surface area contributed by atoms with Gasteiger partial charge in [-0.3, -0.25) is 9.59 Å². The van der Waals surface area contributed by atoms with Gasteiger partial charge >= 0.3 is 11.9 Å². The summed E-state index contributed by atoms with van der Waals surface area (Å²) in [6.45, 7) is 4.75. The maximum Gasteiger partial charge on any atom is 0.305 e. The third-order valence-electron chi connectivity index (χ3n) is 3.94. The zero-order valence-corrected chi connectivity index (χ0v) is 16.1. The number of aryl methyl sites for hydroxylation is 1. The normalized spacial score (nSPS) is 11.3. The number of ether oxygens (including phenoxy) is 2. The molecule has 142 valence electrons. The summed E-state index contributed by atoms with van der Waals surface area (Å²) in [6.07, 6.45) is 3.45. The Morgan fingerprint density at radius 2 is 1.56 bits per heavy atom. The van der Waals surface area contributed by atoms with Crippen molar-refractivity contribution < 1.29 is 19.1 Å². The first-order valence-electron chi connectivity index (χ1n) is 9.15. The van der Waals surface area contributed by atoms with Crippen LogP contribution in [0, 0.1) is 0 Å². The van der Waals surface area contributed by atoms with Gasteiger partial charge < -0.3 is 9.47 Å².